The Morgan fingerprint density at radius 3 is 1.88 bits per heavy atom. The molecule has 0 saturated carbocycles. The molecule has 0 saturated heterocycles. The Balaban J connectivity index is 0.00000274. The molecule has 0 N–H and O–H groups in total. The highest BCUT2D eigenvalue weighted by Gasteiger charge is 2.11. The number of quaternary nitrogens is 1. The summed E-state index contributed by atoms with van der Waals surface area (Å²) in [4.78, 5) is 0. The summed E-state index contributed by atoms with van der Waals surface area (Å²) in [6.45, 7) is 1.02. The second-order valence-electron chi connectivity index (χ2n) is 9.84. The lowest BCUT2D eigenvalue weighted by Crippen LogP contribution is -3.00. The summed E-state index contributed by atoms with van der Waals surface area (Å²) in [6, 6.07) is 41.9. The zero-order chi connectivity index (χ0) is 22.8. The molecule has 5 aromatic rings. The number of fused-ring (bicyclic) bond motifs is 1. The molecule has 1 nitrogen and oxygen atoms in total. The van der Waals surface area contributed by atoms with Gasteiger partial charge in [0.15, 0.2) is 0 Å². The summed E-state index contributed by atoms with van der Waals surface area (Å²) < 4.78 is 0.923. The summed E-state index contributed by atoms with van der Waals surface area (Å²) in [5.41, 5.74) is 8.92. The molecule has 5 rings (SSSR count). The number of halogens is 1. The number of hydrogen-bond acceptors (Lipinski definition) is 0. The smallest absolute Gasteiger partial charge is 0.104 e. The minimum atomic E-state index is 0. The van der Waals surface area contributed by atoms with Crippen LogP contribution in [0.1, 0.15) is 5.56 Å². The molecule has 5 aromatic carbocycles. The van der Waals surface area contributed by atoms with Crippen molar-refractivity contribution in [3.8, 4) is 33.4 Å². The highest BCUT2D eigenvalue weighted by atomic mass is 127. The molecule has 0 atom stereocenters. The van der Waals surface area contributed by atoms with Crippen molar-refractivity contribution in [2.75, 3.05) is 21.1 Å². The van der Waals surface area contributed by atoms with Gasteiger partial charge in [0.05, 0.1) is 21.1 Å². The van der Waals surface area contributed by atoms with Gasteiger partial charge in [-0.3, -0.25) is 0 Å². The summed E-state index contributed by atoms with van der Waals surface area (Å²) in [5.74, 6) is 0. The van der Waals surface area contributed by atoms with E-state index in [1.54, 1.807) is 0 Å². The van der Waals surface area contributed by atoms with Crippen molar-refractivity contribution in [3.63, 3.8) is 0 Å². The number of hydrogen-bond donors (Lipinski definition) is 0. The van der Waals surface area contributed by atoms with E-state index in [1.807, 2.05) is 0 Å². The zero-order valence-corrected chi connectivity index (χ0v) is 22.2. The van der Waals surface area contributed by atoms with Crippen LogP contribution in [0.4, 0.5) is 0 Å². The molecule has 0 aliphatic heterocycles. The maximum Gasteiger partial charge on any atom is 0.104 e. The fourth-order valence-corrected chi connectivity index (χ4v) is 4.61. The van der Waals surface area contributed by atoms with Gasteiger partial charge in [0.2, 0.25) is 0 Å². The van der Waals surface area contributed by atoms with Crippen LogP contribution in [0.15, 0.2) is 115 Å². The minimum Gasteiger partial charge on any atom is -1.00 e. The Hall–Kier alpha value is -2.95. The average molecular weight is 556 g/mol. The first-order valence-corrected chi connectivity index (χ1v) is 11.5. The van der Waals surface area contributed by atoms with Gasteiger partial charge >= 0.3 is 0 Å². The fraction of sp³-hybridized carbons (Fsp3) is 0.125. The monoisotopic (exact) mass is 555 g/mol. The van der Waals surface area contributed by atoms with Gasteiger partial charge in [-0.2, -0.15) is 0 Å². The Kier molecular flexibility index (Phi) is 7.20. The van der Waals surface area contributed by atoms with Gasteiger partial charge in [0, 0.05) is 5.56 Å². The minimum absolute atomic E-state index is 0. The van der Waals surface area contributed by atoms with Crippen LogP contribution in [-0.2, 0) is 6.54 Å². The molecule has 0 aromatic heterocycles. The molecule has 2 heteroatoms. The van der Waals surface area contributed by atoms with E-state index < -0.39 is 0 Å². The Morgan fingerprint density at radius 1 is 0.500 bits per heavy atom. The van der Waals surface area contributed by atoms with Gasteiger partial charge in [0.1, 0.15) is 6.54 Å². The molecule has 0 aliphatic carbocycles. The van der Waals surface area contributed by atoms with Crippen molar-refractivity contribution >= 4 is 10.8 Å². The van der Waals surface area contributed by atoms with Gasteiger partial charge in [-0.25, -0.2) is 0 Å². The second kappa shape index (κ2) is 10.1. The Morgan fingerprint density at radius 2 is 1.12 bits per heavy atom. The fourth-order valence-electron chi connectivity index (χ4n) is 4.61. The second-order valence-corrected chi connectivity index (χ2v) is 9.84. The van der Waals surface area contributed by atoms with Gasteiger partial charge in [0.25, 0.3) is 0 Å². The lowest BCUT2D eigenvalue weighted by molar-refractivity contribution is -0.884. The molecular weight excluding hydrogens is 525 g/mol. The molecule has 0 unspecified atom stereocenters. The molecular formula is C32H30IN. The van der Waals surface area contributed by atoms with Crippen LogP contribution in [-0.4, -0.2) is 25.6 Å². The lowest BCUT2D eigenvalue weighted by atomic mass is 9.93. The maximum absolute atomic E-state index is 2.33. The largest absolute Gasteiger partial charge is 1.00 e. The molecule has 0 bridgehead atoms. The van der Waals surface area contributed by atoms with Crippen molar-refractivity contribution in [2.45, 2.75) is 6.54 Å². The van der Waals surface area contributed by atoms with Crippen LogP contribution in [0.3, 0.4) is 0 Å². The van der Waals surface area contributed by atoms with Crippen molar-refractivity contribution in [2.24, 2.45) is 0 Å². The lowest BCUT2D eigenvalue weighted by Gasteiger charge is -2.24. The highest BCUT2D eigenvalue weighted by molar-refractivity contribution is 5.99. The summed E-state index contributed by atoms with van der Waals surface area (Å²) in [5, 5.41) is 2.56. The van der Waals surface area contributed by atoms with E-state index >= 15 is 0 Å². The van der Waals surface area contributed by atoms with E-state index in [0.717, 1.165) is 11.0 Å². The van der Waals surface area contributed by atoms with Crippen LogP contribution >= 0.6 is 0 Å². The quantitative estimate of drug-likeness (QED) is 0.210. The van der Waals surface area contributed by atoms with E-state index in [2.05, 4.69) is 136 Å². The Labute approximate surface area is 220 Å². The van der Waals surface area contributed by atoms with Crippen molar-refractivity contribution in [1.29, 1.82) is 0 Å². The van der Waals surface area contributed by atoms with Gasteiger partial charge < -0.3 is 28.5 Å². The molecule has 0 radical (unpaired) electrons. The molecule has 170 valence electrons. The van der Waals surface area contributed by atoms with Crippen LogP contribution in [0, 0.1) is 0 Å². The third-order valence-electron chi connectivity index (χ3n) is 6.08. The zero-order valence-electron chi connectivity index (χ0n) is 20.0. The molecule has 34 heavy (non-hydrogen) atoms. The summed E-state index contributed by atoms with van der Waals surface area (Å²) in [7, 11) is 6.70. The molecule has 0 spiro atoms. The highest BCUT2D eigenvalue weighted by Crippen LogP contribution is 2.34. The molecule has 0 amide bonds. The van der Waals surface area contributed by atoms with Gasteiger partial charge in [-0.1, -0.05) is 97.1 Å². The average Bonchev–Trinajstić information content (AvgIpc) is 2.83. The first-order chi connectivity index (χ1) is 16.0. The van der Waals surface area contributed by atoms with Crippen LogP contribution in [0.25, 0.3) is 44.2 Å². The van der Waals surface area contributed by atoms with Crippen molar-refractivity contribution < 1.29 is 28.5 Å². The number of nitrogens with zero attached hydrogens (tertiary/aromatic N) is 1. The van der Waals surface area contributed by atoms with Crippen molar-refractivity contribution in [3.05, 3.63) is 121 Å². The third-order valence-corrected chi connectivity index (χ3v) is 6.08. The standard InChI is InChI=1S/C32H30N.HI/c1-33(2,3)23-24-10-7-13-26(20-24)28-18-19-32-30(22-28)16-9-17-31(32)29-15-8-14-27(21-29)25-11-5-4-6-12-25;/h4-22H,23H2,1-3H3;1H/q+1;/p-1. The molecule has 0 heterocycles. The SMILES string of the molecule is C[N+](C)(C)Cc1cccc(-c2ccc3c(-c4cccc(-c5ccccc5)c4)cccc3c2)c1.[I-]. The van der Waals surface area contributed by atoms with E-state index in [9.17, 15) is 0 Å². The van der Waals surface area contributed by atoms with Crippen LogP contribution < -0.4 is 24.0 Å². The van der Waals surface area contributed by atoms with E-state index in [0.29, 0.717) is 0 Å². The number of rotatable bonds is 5. The van der Waals surface area contributed by atoms with E-state index in [1.165, 1.54) is 49.7 Å². The number of benzene rings is 5. The first-order valence-electron chi connectivity index (χ1n) is 11.5. The van der Waals surface area contributed by atoms with E-state index in [-0.39, 0.29) is 24.0 Å². The van der Waals surface area contributed by atoms with Gasteiger partial charge in [-0.05, 0) is 62.4 Å². The van der Waals surface area contributed by atoms with Crippen LogP contribution in [0.2, 0.25) is 0 Å². The van der Waals surface area contributed by atoms with Gasteiger partial charge in [-0.15, -0.1) is 0 Å². The van der Waals surface area contributed by atoms with Crippen LogP contribution in [0.5, 0.6) is 0 Å². The predicted octanol–water partition coefficient (Wildman–Crippen LogP) is 5.05. The normalized spacial score (nSPS) is 11.3. The Bertz CT molecular complexity index is 1410. The maximum atomic E-state index is 2.33. The predicted molar refractivity (Wildman–Crippen MR) is 142 cm³/mol. The molecule has 0 fully saturated rings. The molecule has 0 aliphatic rings. The third kappa shape index (κ3) is 5.40. The summed E-state index contributed by atoms with van der Waals surface area (Å²) >= 11 is 0. The topological polar surface area (TPSA) is 0 Å². The van der Waals surface area contributed by atoms with E-state index in [4.69, 9.17) is 0 Å². The first kappa shape index (κ1) is 24.2. The van der Waals surface area contributed by atoms with Crippen molar-refractivity contribution in [1.82, 2.24) is 0 Å². The summed E-state index contributed by atoms with van der Waals surface area (Å²) in [6.07, 6.45) is 0.